The minimum Gasteiger partial charge on any atom is -0.350 e. The van der Waals surface area contributed by atoms with Crippen molar-refractivity contribution in [1.29, 1.82) is 0 Å². The Labute approximate surface area is 197 Å². The van der Waals surface area contributed by atoms with Gasteiger partial charge in [-0.3, -0.25) is 4.79 Å². The van der Waals surface area contributed by atoms with E-state index in [0.717, 1.165) is 27.6 Å². The van der Waals surface area contributed by atoms with Crippen LogP contribution in [0.2, 0.25) is 5.02 Å². The first-order valence-electron chi connectivity index (χ1n) is 10.4. The summed E-state index contributed by atoms with van der Waals surface area (Å²) in [6.45, 7) is 0.472. The van der Waals surface area contributed by atoms with Crippen LogP contribution in [-0.4, -0.2) is 40.8 Å². The molecule has 0 aliphatic heterocycles. The summed E-state index contributed by atoms with van der Waals surface area (Å²) in [5.74, 6) is 0.677. The van der Waals surface area contributed by atoms with E-state index in [2.05, 4.69) is 15.2 Å². The van der Waals surface area contributed by atoms with Gasteiger partial charge in [0.25, 0.3) is 5.91 Å². The number of likely N-dealkylation sites (N-methyl/N-ethyl adjacent to an activating group) is 1. The Hall–Kier alpha value is -2.80. The molecule has 164 valence electrons. The van der Waals surface area contributed by atoms with E-state index in [1.807, 2.05) is 97.6 Å². The highest BCUT2D eigenvalue weighted by Crippen LogP contribution is 2.26. The molecule has 1 amide bonds. The molecule has 0 bridgehead atoms. The van der Waals surface area contributed by atoms with Crippen molar-refractivity contribution in [3.63, 3.8) is 0 Å². The first-order valence-corrected chi connectivity index (χ1v) is 11.7. The number of aromatic nitrogens is 2. The zero-order chi connectivity index (χ0) is 22.5. The van der Waals surface area contributed by atoms with Crippen molar-refractivity contribution >= 4 is 34.9 Å². The van der Waals surface area contributed by atoms with E-state index in [1.165, 1.54) is 0 Å². The zero-order valence-corrected chi connectivity index (χ0v) is 19.6. The molecular weight excluding hydrogens is 440 g/mol. The van der Waals surface area contributed by atoms with Crippen LogP contribution in [0.15, 0.2) is 84.0 Å². The fourth-order valence-corrected chi connectivity index (χ4v) is 4.57. The van der Waals surface area contributed by atoms with Gasteiger partial charge in [-0.05, 0) is 62.1 Å². The van der Waals surface area contributed by atoms with Crippen LogP contribution < -0.4 is 5.32 Å². The quantitative estimate of drug-likeness (QED) is 0.359. The molecule has 4 rings (SSSR count). The number of carbonyl (C=O) groups excluding carboxylic acids is 1. The van der Waals surface area contributed by atoms with Crippen LogP contribution in [0.25, 0.3) is 5.65 Å². The van der Waals surface area contributed by atoms with Gasteiger partial charge in [-0.15, -0.1) is 11.8 Å². The highest BCUT2D eigenvalue weighted by Gasteiger charge is 2.18. The van der Waals surface area contributed by atoms with E-state index in [4.69, 9.17) is 11.6 Å². The molecule has 0 saturated carbocycles. The Morgan fingerprint density at radius 3 is 2.56 bits per heavy atom. The number of benzene rings is 2. The minimum atomic E-state index is -0.0965. The van der Waals surface area contributed by atoms with Gasteiger partial charge in [0.05, 0.1) is 11.7 Å². The molecule has 2 aromatic heterocycles. The fraction of sp³-hybridized carbons (Fsp3) is 0.200. The maximum absolute atomic E-state index is 12.7. The molecule has 7 heteroatoms. The van der Waals surface area contributed by atoms with Crippen LogP contribution in [0, 0.1) is 0 Å². The van der Waals surface area contributed by atoms with Crippen LogP contribution in [0.5, 0.6) is 0 Å². The average molecular weight is 465 g/mol. The second kappa shape index (κ2) is 10.2. The first kappa shape index (κ1) is 22.4. The molecule has 1 unspecified atom stereocenters. The lowest BCUT2D eigenvalue weighted by atomic mass is 10.1. The highest BCUT2D eigenvalue weighted by atomic mass is 35.5. The molecule has 1 N–H and O–H groups in total. The maximum Gasteiger partial charge on any atom is 0.251 e. The largest absolute Gasteiger partial charge is 0.350 e. The number of nitrogens with zero attached hydrogens (tertiary/aromatic N) is 3. The third kappa shape index (κ3) is 5.33. The summed E-state index contributed by atoms with van der Waals surface area (Å²) in [6.07, 6.45) is 4.04. The maximum atomic E-state index is 12.7. The van der Waals surface area contributed by atoms with Crippen molar-refractivity contribution < 1.29 is 4.79 Å². The molecule has 0 radical (unpaired) electrons. The Morgan fingerprint density at radius 2 is 1.84 bits per heavy atom. The van der Waals surface area contributed by atoms with Crippen molar-refractivity contribution in [3.05, 3.63) is 101 Å². The predicted octanol–water partition coefficient (Wildman–Crippen LogP) is 5.31. The number of carbonyl (C=O) groups is 1. The molecule has 0 aliphatic rings. The van der Waals surface area contributed by atoms with Crippen LogP contribution in [0.1, 0.15) is 27.7 Å². The lowest BCUT2D eigenvalue weighted by molar-refractivity contribution is 0.0942. The standard InChI is InChI=1S/C25H25ClN4OS/c1-29(2)23(21-7-3-4-8-22(21)26)15-27-25(31)18-10-12-20(13-11-18)32-17-19-16-30-14-6-5-9-24(30)28-19/h3-14,16,23H,15,17H2,1-2H3,(H,27,31). The Kier molecular flexibility index (Phi) is 7.15. The lowest BCUT2D eigenvalue weighted by Gasteiger charge is -2.26. The lowest BCUT2D eigenvalue weighted by Crippen LogP contribution is -2.34. The molecule has 0 aliphatic carbocycles. The summed E-state index contributed by atoms with van der Waals surface area (Å²) >= 11 is 8.06. The molecule has 1 atom stereocenters. The second-order valence-corrected chi connectivity index (χ2v) is 9.18. The Bertz CT molecular complexity index is 1170. The van der Waals surface area contributed by atoms with E-state index in [9.17, 15) is 4.79 Å². The van der Waals surface area contributed by atoms with E-state index in [0.29, 0.717) is 17.1 Å². The molecule has 4 aromatic rings. The molecule has 32 heavy (non-hydrogen) atoms. The number of imidazole rings is 1. The Morgan fingerprint density at radius 1 is 1.09 bits per heavy atom. The van der Waals surface area contributed by atoms with E-state index < -0.39 is 0 Å². The molecule has 0 fully saturated rings. The van der Waals surface area contributed by atoms with Gasteiger partial charge < -0.3 is 14.6 Å². The van der Waals surface area contributed by atoms with Gasteiger partial charge in [-0.2, -0.15) is 0 Å². The summed E-state index contributed by atoms with van der Waals surface area (Å²) in [5, 5.41) is 3.74. The van der Waals surface area contributed by atoms with Gasteiger partial charge in [0, 0.05) is 40.2 Å². The van der Waals surface area contributed by atoms with Crippen LogP contribution >= 0.6 is 23.4 Å². The summed E-state index contributed by atoms with van der Waals surface area (Å²) in [6, 6.07) is 21.4. The van der Waals surface area contributed by atoms with Gasteiger partial charge in [0.15, 0.2) is 0 Å². The van der Waals surface area contributed by atoms with Crippen LogP contribution in [0.3, 0.4) is 0 Å². The second-order valence-electron chi connectivity index (χ2n) is 7.72. The van der Waals surface area contributed by atoms with Crippen molar-refractivity contribution in [2.45, 2.75) is 16.7 Å². The predicted molar refractivity (Wildman–Crippen MR) is 131 cm³/mol. The summed E-state index contributed by atoms with van der Waals surface area (Å²) < 4.78 is 2.02. The van der Waals surface area contributed by atoms with Crippen molar-refractivity contribution in [1.82, 2.24) is 19.6 Å². The summed E-state index contributed by atoms with van der Waals surface area (Å²) in [7, 11) is 3.96. The fourth-order valence-electron chi connectivity index (χ4n) is 3.52. The van der Waals surface area contributed by atoms with Gasteiger partial charge in [0.2, 0.25) is 0 Å². The number of hydrogen-bond donors (Lipinski definition) is 1. The molecular formula is C25H25ClN4OS. The SMILES string of the molecule is CN(C)C(CNC(=O)c1ccc(SCc2cn3ccccc3n2)cc1)c1ccccc1Cl. The number of amides is 1. The Balaban J connectivity index is 1.34. The number of halogens is 1. The molecule has 0 spiro atoms. The van der Waals surface area contributed by atoms with E-state index in [-0.39, 0.29) is 11.9 Å². The normalized spacial score (nSPS) is 12.2. The molecule has 2 aromatic carbocycles. The summed E-state index contributed by atoms with van der Waals surface area (Å²) in [4.78, 5) is 20.5. The number of thioether (sulfide) groups is 1. The van der Waals surface area contributed by atoms with Crippen LogP contribution in [-0.2, 0) is 5.75 Å². The van der Waals surface area contributed by atoms with E-state index >= 15 is 0 Å². The smallest absolute Gasteiger partial charge is 0.251 e. The number of nitrogens with one attached hydrogen (secondary N) is 1. The monoisotopic (exact) mass is 464 g/mol. The highest BCUT2D eigenvalue weighted by molar-refractivity contribution is 7.98. The van der Waals surface area contributed by atoms with Gasteiger partial charge in [0.1, 0.15) is 5.65 Å². The first-order chi connectivity index (χ1) is 15.5. The van der Waals surface area contributed by atoms with Crippen molar-refractivity contribution in [2.24, 2.45) is 0 Å². The topological polar surface area (TPSA) is 49.6 Å². The average Bonchev–Trinajstić information content (AvgIpc) is 3.22. The number of pyridine rings is 1. The number of rotatable bonds is 8. The molecule has 0 saturated heterocycles. The third-order valence-corrected chi connectivity index (χ3v) is 6.65. The zero-order valence-electron chi connectivity index (χ0n) is 18.0. The molecule has 5 nitrogen and oxygen atoms in total. The van der Waals surface area contributed by atoms with Crippen LogP contribution in [0.4, 0.5) is 0 Å². The number of fused-ring (bicyclic) bond motifs is 1. The van der Waals surface area contributed by atoms with Crippen molar-refractivity contribution in [3.8, 4) is 0 Å². The molecule has 2 heterocycles. The van der Waals surface area contributed by atoms with Gasteiger partial charge >= 0.3 is 0 Å². The van der Waals surface area contributed by atoms with Crippen molar-refractivity contribution in [2.75, 3.05) is 20.6 Å². The third-order valence-electron chi connectivity index (χ3n) is 5.26. The van der Waals surface area contributed by atoms with E-state index in [1.54, 1.807) is 11.8 Å². The van der Waals surface area contributed by atoms with Gasteiger partial charge in [-0.1, -0.05) is 35.9 Å². The van der Waals surface area contributed by atoms with Gasteiger partial charge in [-0.25, -0.2) is 4.98 Å². The number of hydrogen-bond acceptors (Lipinski definition) is 4. The summed E-state index contributed by atoms with van der Waals surface area (Å²) in [5.41, 5.74) is 3.61. The minimum absolute atomic E-state index is 0.00657.